The van der Waals surface area contributed by atoms with Crippen LogP contribution in [0.4, 0.5) is 4.79 Å². The van der Waals surface area contributed by atoms with Crippen LogP contribution in [0.15, 0.2) is 47.4 Å². The Morgan fingerprint density at radius 2 is 1.73 bits per heavy atom. The molecule has 33 heavy (non-hydrogen) atoms. The number of hydrazine groups is 1. The minimum absolute atomic E-state index is 0.00595. The Labute approximate surface area is 194 Å². The van der Waals surface area contributed by atoms with Gasteiger partial charge in [-0.1, -0.05) is 30.2 Å². The Morgan fingerprint density at radius 3 is 2.39 bits per heavy atom. The topological polar surface area (TPSA) is 117 Å². The first-order valence-corrected chi connectivity index (χ1v) is 12.4. The maximum atomic E-state index is 12.5. The lowest BCUT2D eigenvalue weighted by Gasteiger charge is -2.26. The average Bonchev–Trinajstić information content (AvgIpc) is 2.79. The van der Waals surface area contributed by atoms with E-state index >= 15 is 0 Å². The molecule has 2 aromatic rings. The van der Waals surface area contributed by atoms with E-state index in [1.165, 1.54) is 19.2 Å². The molecule has 0 spiro atoms. The fraction of sp³-hybridized carbons (Fsp3) is 0.391. The zero-order valence-electron chi connectivity index (χ0n) is 18.9. The van der Waals surface area contributed by atoms with Gasteiger partial charge in [-0.05, 0) is 56.0 Å². The van der Waals surface area contributed by atoms with Crippen molar-refractivity contribution in [2.45, 2.75) is 37.5 Å². The van der Waals surface area contributed by atoms with Crippen LogP contribution < -0.4 is 20.2 Å². The van der Waals surface area contributed by atoms with Crippen LogP contribution in [-0.4, -0.2) is 52.1 Å². The van der Waals surface area contributed by atoms with Gasteiger partial charge in [-0.3, -0.25) is 10.2 Å². The minimum Gasteiger partial charge on any atom is -0.496 e. The molecule has 0 bridgehead atoms. The first-order chi connectivity index (χ1) is 15.8. The number of carbonyl (C=O) groups excluding carboxylic acids is 2. The molecular weight excluding hydrogens is 444 g/mol. The van der Waals surface area contributed by atoms with Gasteiger partial charge < -0.3 is 10.1 Å². The van der Waals surface area contributed by atoms with Crippen LogP contribution in [0, 0.1) is 6.92 Å². The van der Waals surface area contributed by atoms with Crippen molar-refractivity contribution >= 4 is 22.0 Å². The molecule has 3 rings (SSSR count). The fourth-order valence-corrected chi connectivity index (χ4v) is 4.51. The number of amides is 3. The first-order valence-electron chi connectivity index (χ1n) is 10.9. The molecule has 178 valence electrons. The summed E-state index contributed by atoms with van der Waals surface area (Å²) in [6, 6.07) is 10.8. The highest BCUT2D eigenvalue weighted by atomic mass is 32.2. The van der Waals surface area contributed by atoms with Crippen LogP contribution in [0.1, 0.15) is 40.7 Å². The summed E-state index contributed by atoms with van der Waals surface area (Å²) < 4.78 is 32.3. The summed E-state index contributed by atoms with van der Waals surface area (Å²) in [6.45, 7) is 3.68. The van der Waals surface area contributed by atoms with Gasteiger partial charge in [-0.25, -0.2) is 22.9 Å². The van der Waals surface area contributed by atoms with E-state index in [1.54, 1.807) is 29.3 Å². The van der Waals surface area contributed by atoms with Crippen LogP contribution in [0.3, 0.4) is 0 Å². The molecule has 3 N–H and O–H groups in total. The van der Waals surface area contributed by atoms with Crippen molar-refractivity contribution in [1.82, 2.24) is 20.5 Å². The summed E-state index contributed by atoms with van der Waals surface area (Å²) in [5.41, 5.74) is 4.85. The van der Waals surface area contributed by atoms with E-state index in [9.17, 15) is 18.0 Å². The predicted octanol–water partition coefficient (Wildman–Crippen LogP) is 2.36. The lowest BCUT2D eigenvalue weighted by atomic mass is 10.1. The Morgan fingerprint density at radius 1 is 1.03 bits per heavy atom. The molecule has 1 fully saturated rings. The lowest BCUT2D eigenvalue weighted by Crippen LogP contribution is -2.50. The van der Waals surface area contributed by atoms with Gasteiger partial charge in [0.2, 0.25) is 0 Å². The molecule has 1 aliphatic rings. The maximum absolute atomic E-state index is 12.5. The number of ether oxygens (including phenoxy) is 1. The minimum atomic E-state index is -3.98. The second kappa shape index (κ2) is 11.2. The van der Waals surface area contributed by atoms with Gasteiger partial charge in [-0.2, -0.15) is 0 Å². The van der Waals surface area contributed by atoms with Crippen LogP contribution in [-0.2, 0) is 16.4 Å². The van der Waals surface area contributed by atoms with Crippen molar-refractivity contribution in [3.63, 3.8) is 0 Å². The summed E-state index contributed by atoms with van der Waals surface area (Å²) in [5.74, 6) is 0.267. The van der Waals surface area contributed by atoms with Gasteiger partial charge in [0.15, 0.2) is 0 Å². The number of methoxy groups -OCH3 is 1. The normalized spacial score (nSPS) is 14.4. The number of nitrogens with one attached hydrogen (secondary N) is 3. The predicted molar refractivity (Wildman–Crippen MR) is 124 cm³/mol. The van der Waals surface area contributed by atoms with E-state index in [4.69, 9.17) is 4.74 Å². The molecule has 0 radical (unpaired) electrons. The van der Waals surface area contributed by atoms with Gasteiger partial charge in [0, 0.05) is 19.6 Å². The second-order valence-electron chi connectivity index (χ2n) is 7.95. The zero-order valence-corrected chi connectivity index (χ0v) is 19.7. The Kier molecular flexibility index (Phi) is 8.29. The Bertz CT molecular complexity index is 1080. The summed E-state index contributed by atoms with van der Waals surface area (Å²) in [6.07, 6.45) is 3.55. The maximum Gasteiger partial charge on any atom is 0.343 e. The van der Waals surface area contributed by atoms with Crippen molar-refractivity contribution in [3.05, 3.63) is 59.2 Å². The number of urea groups is 1. The van der Waals surface area contributed by atoms with Gasteiger partial charge in [0.25, 0.3) is 15.9 Å². The van der Waals surface area contributed by atoms with Crippen LogP contribution in [0.25, 0.3) is 0 Å². The third-order valence-electron chi connectivity index (χ3n) is 5.38. The van der Waals surface area contributed by atoms with E-state index in [0.29, 0.717) is 37.4 Å². The number of hydrogen-bond donors (Lipinski definition) is 3. The number of sulfonamides is 1. The van der Waals surface area contributed by atoms with Gasteiger partial charge >= 0.3 is 6.03 Å². The number of benzene rings is 2. The standard InChI is InChI=1S/C23H30N4O5S/c1-17-6-11-21(32-2)20(16-17)22(28)24-13-12-18-7-9-19(10-8-18)33(30,31)26-23(29)25-27-14-4-3-5-15-27/h6-11,16H,3-5,12-15H2,1-2H3,(H,24,28)(H2,25,26,29). The quantitative estimate of drug-likeness (QED) is 0.541. The first kappa shape index (κ1) is 24.5. The van der Waals surface area contributed by atoms with Crippen LogP contribution >= 0.6 is 0 Å². The van der Waals surface area contributed by atoms with Crippen molar-refractivity contribution in [3.8, 4) is 5.75 Å². The molecular formula is C23H30N4O5S. The summed E-state index contributed by atoms with van der Waals surface area (Å²) in [4.78, 5) is 24.5. The number of piperidine rings is 1. The monoisotopic (exact) mass is 474 g/mol. The highest BCUT2D eigenvalue weighted by molar-refractivity contribution is 7.90. The van der Waals surface area contributed by atoms with Gasteiger partial charge in [0.1, 0.15) is 5.75 Å². The molecule has 1 aliphatic heterocycles. The molecule has 0 aliphatic carbocycles. The molecule has 2 aromatic carbocycles. The van der Waals surface area contributed by atoms with Gasteiger partial charge in [-0.15, -0.1) is 0 Å². The summed E-state index contributed by atoms with van der Waals surface area (Å²) >= 11 is 0. The van der Waals surface area contributed by atoms with E-state index in [-0.39, 0.29) is 10.8 Å². The second-order valence-corrected chi connectivity index (χ2v) is 9.63. The van der Waals surface area contributed by atoms with Crippen molar-refractivity contribution < 1.29 is 22.7 Å². The molecule has 1 saturated heterocycles. The molecule has 0 unspecified atom stereocenters. The van der Waals surface area contributed by atoms with E-state index in [0.717, 1.165) is 30.4 Å². The third kappa shape index (κ3) is 6.93. The summed E-state index contributed by atoms with van der Waals surface area (Å²) in [7, 11) is -2.46. The highest BCUT2D eigenvalue weighted by Gasteiger charge is 2.20. The molecule has 1 heterocycles. The smallest absolute Gasteiger partial charge is 0.343 e. The van der Waals surface area contributed by atoms with Crippen LogP contribution in [0.2, 0.25) is 0 Å². The Hall–Kier alpha value is -3.11. The van der Waals surface area contributed by atoms with Crippen LogP contribution in [0.5, 0.6) is 5.75 Å². The number of carbonyl (C=O) groups is 2. The molecule has 0 atom stereocenters. The number of rotatable bonds is 8. The van der Waals surface area contributed by atoms with E-state index in [1.807, 2.05) is 17.7 Å². The molecule has 3 amide bonds. The summed E-state index contributed by atoms with van der Waals surface area (Å²) in [5, 5.41) is 4.57. The molecule has 10 heteroatoms. The Balaban J connectivity index is 1.51. The third-order valence-corrected chi connectivity index (χ3v) is 6.72. The van der Waals surface area contributed by atoms with Crippen molar-refractivity contribution in [1.29, 1.82) is 0 Å². The van der Waals surface area contributed by atoms with E-state index in [2.05, 4.69) is 10.7 Å². The molecule has 9 nitrogen and oxygen atoms in total. The SMILES string of the molecule is COc1ccc(C)cc1C(=O)NCCc1ccc(S(=O)(=O)NC(=O)NN2CCCCC2)cc1. The van der Waals surface area contributed by atoms with Crippen molar-refractivity contribution in [2.24, 2.45) is 0 Å². The highest BCUT2D eigenvalue weighted by Crippen LogP contribution is 2.19. The zero-order chi connectivity index (χ0) is 23.8. The molecule has 0 aromatic heterocycles. The average molecular weight is 475 g/mol. The lowest BCUT2D eigenvalue weighted by molar-refractivity contribution is 0.0951. The molecule has 0 saturated carbocycles. The van der Waals surface area contributed by atoms with Gasteiger partial charge in [0.05, 0.1) is 17.6 Å². The number of aryl methyl sites for hydroxylation is 1. The fourth-order valence-electron chi connectivity index (χ4n) is 3.60. The largest absolute Gasteiger partial charge is 0.496 e. The number of nitrogens with zero attached hydrogens (tertiary/aromatic N) is 1. The van der Waals surface area contributed by atoms with Crippen molar-refractivity contribution in [2.75, 3.05) is 26.7 Å². The van der Waals surface area contributed by atoms with E-state index < -0.39 is 16.1 Å². The number of hydrogen-bond acceptors (Lipinski definition) is 6.